The summed E-state index contributed by atoms with van der Waals surface area (Å²) in [5, 5.41) is 0. The number of hydrogen-bond acceptors (Lipinski definition) is 1. The topological polar surface area (TPSA) is 9.23 Å². The van der Waals surface area contributed by atoms with E-state index in [4.69, 9.17) is 4.43 Å². The minimum absolute atomic E-state index is 0.336. The average molecular weight is 234 g/mol. The van der Waals surface area contributed by atoms with Crippen LogP contribution in [-0.2, 0) is 4.43 Å². The maximum Gasteiger partial charge on any atom is 0.146 e. The Morgan fingerprint density at radius 3 is 2.17 bits per heavy atom. The molecule has 1 nitrogen and oxygen atoms in total. The van der Waals surface area contributed by atoms with E-state index in [2.05, 4.69) is 31.9 Å². The summed E-state index contributed by atoms with van der Waals surface area (Å²) in [6.45, 7) is 0.770. The molecule has 0 unspecified atom stereocenters. The van der Waals surface area contributed by atoms with Crippen molar-refractivity contribution in [3.8, 4) is 0 Å². The number of rotatable bonds is 2. The van der Waals surface area contributed by atoms with Crippen molar-refractivity contribution in [2.24, 2.45) is 0 Å². The number of halogens is 2. The van der Waals surface area contributed by atoms with E-state index in [1.165, 1.54) is 0 Å². The van der Waals surface area contributed by atoms with Gasteiger partial charge in [0, 0.05) is 0 Å². The lowest BCUT2D eigenvalue weighted by Crippen LogP contribution is -1.96. The highest BCUT2D eigenvalue weighted by Gasteiger charge is 1.90. The van der Waals surface area contributed by atoms with Crippen LogP contribution in [0.1, 0.15) is 0 Å². The van der Waals surface area contributed by atoms with Gasteiger partial charge in [0.15, 0.2) is 0 Å². The number of alkyl halides is 2. The van der Waals surface area contributed by atoms with Gasteiger partial charge in [0.05, 0.1) is 10.3 Å². The van der Waals surface area contributed by atoms with Crippen LogP contribution in [0.25, 0.3) is 0 Å². The summed E-state index contributed by atoms with van der Waals surface area (Å²) in [6, 6.07) is 0. The molecule has 0 rings (SSSR count). The Morgan fingerprint density at radius 1 is 1.67 bits per heavy atom. The molecule has 0 aliphatic heterocycles. The van der Waals surface area contributed by atoms with Crippen LogP contribution in [0.3, 0.4) is 0 Å². The minimum Gasteiger partial charge on any atom is -0.426 e. The van der Waals surface area contributed by atoms with Crippen LogP contribution >= 0.6 is 31.9 Å². The maximum absolute atomic E-state index is 4.85. The Morgan fingerprint density at radius 2 is 2.17 bits per heavy atom. The van der Waals surface area contributed by atoms with E-state index in [-0.39, 0.29) is 0 Å². The Hall–Kier alpha value is 1.14. The summed E-state index contributed by atoms with van der Waals surface area (Å²) in [5.74, 6) is 0. The van der Waals surface area contributed by atoms with Crippen molar-refractivity contribution in [1.29, 1.82) is 0 Å². The van der Waals surface area contributed by atoms with Gasteiger partial charge in [0.2, 0.25) is 0 Å². The van der Waals surface area contributed by atoms with Gasteiger partial charge in [-0.3, -0.25) is 0 Å². The highest BCUT2D eigenvalue weighted by Crippen LogP contribution is 2.05. The third-order valence-corrected chi connectivity index (χ3v) is 1.15. The second-order valence-corrected chi connectivity index (χ2v) is 4.86. The molecule has 0 radical (unpaired) electrons. The molecule has 0 aromatic rings. The predicted octanol–water partition coefficient (Wildman–Crippen LogP) is 0.399. The van der Waals surface area contributed by atoms with Crippen molar-refractivity contribution < 1.29 is 4.43 Å². The first kappa shape index (κ1) is 7.14. The summed E-state index contributed by atoms with van der Waals surface area (Å²) in [5.41, 5.74) is 0. The summed E-state index contributed by atoms with van der Waals surface area (Å²) in [6.07, 6.45) is 0. The van der Waals surface area contributed by atoms with Gasteiger partial charge in [-0.1, -0.05) is 31.9 Å². The first-order valence-corrected chi connectivity index (χ1v) is 4.19. The molecule has 6 heavy (non-hydrogen) atoms. The summed E-state index contributed by atoms with van der Waals surface area (Å²) in [7, 11) is 0.827. The molecular weight excluding hydrogens is 228 g/mol. The standard InChI is InChI=1S/C2H6Br2OSi/c3-2(4)1-5-6/h2H,1H2,6H3. The van der Waals surface area contributed by atoms with Gasteiger partial charge in [-0.05, 0) is 0 Å². The molecule has 0 aliphatic rings. The van der Waals surface area contributed by atoms with Gasteiger partial charge in [0.25, 0.3) is 0 Å². The molecule has 0 aliphatic carbocycles. The lowest BCUT2D eigenvalue weighted by molar-refractivity contribution is 0.375. The Kier molecular flexibility index (Phi) is 5.11. The molecular formula is C2H6Br2OSi. The highest BCUT2D eigenvalue weighted by atomic mass is 79.9. The van der Waals surface area contributed by atoms with E-state index in [0.717, 1.165) is 17.1 Å². The SMILES string of the molecule is [SiH3]OCC(Br)Br. The van der Waals surface area contributed by atoms with E-state index >= 15 is 0 Å². The van der Waals surface area contributed by atoms with E-state index in [1.54, 1.807) is 0 Å². The molecule has 0 saturated carbocycles. The van der Waals surface area contributed by atoms with Crippen LogP contribution in [-0.4, -0.2) is 20.8 Å². The zero-order valence-electron chi connectivity index (χ0n) is 3.45. The fourth-order valence-electron chi connectivity index (χ4n) is 0.126. The van der Waals surface area contributed by atoms with Gasteiger partial charge in [-0.15, -0.1) is 0 Å². The molecule has 0 N–H and O–H groups in total. The van der Waals surface area contributed by atoms with E-state index in [0.29, 0.717) is 3.74 Å². The van der Waals surface area contributed by atoms with Crippen molar-refractivity contribution in [1.82, 2.24) is 0 Å². The summed E-state index contributed by atoms with van der Waals surface area (Å²) < 4.78 is 5.18. The molecule has 0 spiro atoms. The van der Waals surface area contributed by atoms with Crippen LogP contribution in [0.15, 0.2) is 0 Å². The maximum atomic E-state index is 4.85. The second-order valence-electron chi connectivity index (χ2n) is 0.846. The van der Waals surface area contributed by atoms with Crippen molar-refractivity contribution in [3.05, 3.63) is 0 Å². The second kappa shape index (κ2) is 4.30. The smallest absolute Gasteiger partial charge is 0.146 e. The molecule has 0 bridgehead atoms. The largest absolute Gasteiger partial charge is 0.426 e. The van der Waals surface area contributed by atoms with E-state index < -0.39 is 0 Å². The lowest BCUT2D eigenvalue weighted by atomic mass is 10.9. The Labute approximate surface area is 57.2 Å². The third-order valence-electron chi connectivity index (χ3n) is 0.293. The highest BCUT2D eigenvalue weighted by molar-refractivity contribution is 9.24. The number of hydrogen-bond donors (Lipinski definition) is 0. The van der Waals surface area contributed by atoms with Crippen LogP contribution < -0.4 is 0 Å². The molecule has 0 aromatic carbocycles. The molecule has 0 saturated heterocycles. The first-order chi connectivity index (χ1) is 2.77. The van der Waals surface area contributed by atoms with Gasteiger partial charge >= 0.3 is 0 Å². The Bertz CT molecular complexity index is 32.7. The summed E-state index contributed by atoms with van der Waals surface area (Å²) >= 11 is 6.50. The van der Waals surface area contributed by atoms with Gasteiger partial charge in [0.1, 0.15) is 10.5 Å². The molecule has 4 heteroatoms. The molecule has 38 valence electrons. The van der Waals surface area contributed by atoms with Crippen LogP contribution in [0.4, 0.5) is 0 Å². The molecule has 0 amide bonds. The zero-order chi connectivity index (χ0) is 4.99. The third kappa shape index (κ3) is 5.14. The van der Waals surface area contributed by atoms with Gasteiger partial charge in [-0.25, -0.2) is 0 Å². The van der Waals surface area contributed by atoms with E-state index in [9.17, 15) is 0 Å². The zero-order valence-corrected chi connectivity index (χ0v) is 8.62. The van der Waals surface area contributed by atoms with Crippen molar-refractivity contribution in [3.63, 3.8) is 0 Å². The minimum atomic E-state index is 0.336. The predicted molar refractivity (Wildman–Crippen MR) is 37.5 cm³/mol. The monoisotopic (exact) mass is 232 g/mol. The summed E-state index contributed by atoms with van der Waals surface area (Å²) in [4.78, 5) is 0. The van der Waals surface area contributed by atoms with Crippen LogP contribution in [0, 0.1) is 0 Å². The normalized spacial score (nSPS) is 10.5. The quantitative estimate of drug-likeness (QED) is 0.496. The van der Waals surface area contributed by atoms with Crippen LogP contribution in [0.2, 0.25) is 0 Å². The lowest BCUT2D eigenvalue weighted by Gasteiger charge is -1.94. The molecule has 0 fully saturated rings. The van der Waals surface area contributed by atoms with Crippen molar-refractivity contribution in [2.45, 2.75) is 3.74 Å². The van der Waals surface area contributed by atoms with E-state index in [1.807, 2.05) is 0 Å². The van der Waals surface area contributed by atoms with Gasteiger partial charge < -0.3 is 4.43 Å². The fraction of sp³-hybridized carbons (Fsp3) is 1.00. The molecule has 0 atom stereocenters. The molecule has 0 aromatic heterocycles. The van der Waals surface area contributed by atoms with Crippen LogP contribution in [0.5, 0.6) is 0 Å². The van der Waals surface area contributed by atoms with Gasteiger partial charge in [-0.2, -0.15) is 0 Å². The average Bonchev–Trinajstić information content (AvgIpc) is 1.35. The Balaban J connectivity index is 2.63. The first-order valence-electron chi connectivity index (χ1n) is 1.54. The molecule has 0 heterocycles. The van der Waals surface area contributed by atoms with Crippen molar-refractivity contribution >= 4 is 42.3 Å². The fourth-order valence-corrected chi connectivity index (χ4v) is 1.96. The van der Waals surface area contributed by atoms with Crippen molar-refractivity contribution in [2.75, 3.05) is 6.61 Å².